The van der Waals surface area contributed by atoms with Gasteiger partial charge in [-0.3, -0.25) is 0 Å². The topological polar surface area (TPSA) is 48.6 Å². The second-order valence-electron chi connectivity index (χ2n) is 4.38. The highest BCUT2D eigenvalue weighted by Crippen LogP contribution is 2.39. The summed E-state index contributed by atoms with van der Waals surface area (Å²) in [6, 6.07) is 11.5. The first-order valence-corrected chi connectivity index (χ1v) is 7.95. The van der Waals surface area contributed by atoms with Gasteiger partial charge in [-0.25, -0.2) is 4.79 Å². The van der Waals surface area contributed by atoms with E-state index < -0.39 is 0 Å². The van der Waals surface area contributed by atoms with Gasteiger partial charge >= 0.3 is 5.69 Å². The number of benzene rings is 2. The maximum Gasteiger partial charge on any atom is 0.323 e. The summed E-state index contributed by atoms with van der Waals surface area (Å²) in [6.07, 6.45) is 0. The molecule has 1 unspecified atom stereocenters. The van der Waals surface area contributed by atoms with Crippen LogP contribution in [0.5, 0.6) is 0 Å². The van der Waals surface area contributed by atoms with Gasteiger partial charge in [0, 0.05) is 9.50 Å². The molecule has 6 heteroatoms. The van der Waals surface area contributed by atoms with E-state index in [2.05, 4.69) is 41.8 Å². The van der Waals surface area contributed by atoms with Gasteiger partial charge in [-0.1, -0.05) is 61.7 Å². The van der Waals surface area contributed by atoms with E-state index in [0.717, 1.165) is 26.6 Å². The van der Waals surface area contributed by atoms with E-state index in [4.69, 9.17) is 11.6 Å². The van der Waals surface area contributed by atoms with Gasteiger partial charge in [-0.15, -0.1) is 0 Å². The number of nitrogens with one attached hydrogen (secondary N) is 2. The van der Waals surface area contributed by atoms with Gasteiger partial charge < -0.3 is 9.97 Å². The molecular weight excluding hydrogens is 407 g/mol. The molecule has 0 bridgehead atoms. The van der Waals surface area contributed by atoms with Crippen molar-refractivity contribution in [1.29, 1.82) is 0 Å². The highest BCUT2D eigenvalue weighted by atomic mass is 79.9. The van der Waals surface area contributed by atoms with Crippen molar-refractivity contribution >= 4 is 54.5 Å². The van der Waals surface area contributed by atoms with Crippen LogP contribution < -0.4 is 5.69 Å². The summed E-state index contributed by atoms with van der Waals surface area (Å²) in [7, 11) is 0. The van der Waals surface area contributed by atoms with Gasteiger partial charge in [-0.2, -0.15) is 0 Å². The second-order valence-corrected chi connectivity index (χ2v) is 6.56. The predicted molar refractivity (Wildman–Crippen MR) is 88.8 cm³/mol. The molecule has 1 heterocycles. The van der Waals surface area contributed by atoms with E-state index in [0.29, 0.717) is 5.02 Å². The van der Waals surface area contributed by atoms with Gasteiger partial charge in [0.2, 0.25) is 0 Å². The number of H-pyrrole nitrogens is 2. The molecule has 0 saturated carbocycles. The van der Waals surface area contributed by atoms with Gasteiger partial charge in [0.15, 0.2) is 0 Å². The van der Waals surface area contributed by atoms with Crippen molar-refractivity contribution in [2.45, 2.75) is 4.83 Å². The van der Waals surface area contributed by atoms with Crippen molar-refractivity contribution in [1.82, 2.24) is 9.97 Å². The monoisotopic (exact) mass is 414 g/mol. The van der Waals surface area contributed by atoms with Crippen molar-refractivity contribution in [3.05, 3.63) is 67.5 Å². The Morgan fingerprint density at radius 1 is 1.05 bits per heavy atom. The minimum absolute atomic E-state index is 0.0617. The van der Waals surface area contributed by atoms with E-state index >= 15 is 0 Å². The predicted octanol–water partition coefficient (Wildman–Crippen LogP) is 4.76. The lowest BCUT2D eigenvalue weighted by Gasteiger charge is -2.14. The van der Waals surface area contributed by atoms with Crippen LogP contribution in [0.1, 0.15) is 16.0 Å². The fourth-order valence-electron chi connectivity index (χ4n) is 2.12. The molecule has 2 N–H and O–H groups in total. The minimum Gasteiger partial charge on any atom is -0.306 e. The third kappa shape index (κ3) is 2.45. The molecule has 1 aromatic heterocycles. The molecule has 0 amide bonds. The molecule has 3 nitrogen and oxygen atoms in total. The molecule has 3 rings (SSSR count). The molecule has 2 aromatic carbocycles. The number of hydrogen-bond acceptors (Lipinski definition) is 1. The quantitative estimate of drug-likeness (QED) is 0.582. The molecule has 0 aliphatic carbocycles. The van der Waals surface area contributed by atoms with Crippen molar-refractivity contribution < 1.29 is 0 Å². The van der Waals surface area contributed by atoms with Gasteiger partial charge in [-0.05, 0) is 29.3 Å². The standard InChI is InChI=1S/C14H9Br2ClN2O/c15-9-6-12-11(18-14(20)19-12)5-8(9)13(16)7-3-1-2-4-10(7)17/h1-6,13H,(H2,18,19,20). The van der Waals surface area contributed by atoms with Crippen LogP contribution >= 0.6 is 43.5 Å². The summed E-state index contributed by atoms with van der Waals surface area (Å²) >= 11 is 13.4. The zero-order chi connectivity index (χ0) is 14.3. The lowest BCUT2D eigenvalue weighted by molar-refractivity contribution is 1.17. The van der Waals surface area contributed by atoms with Crippen LogP contribution in [-0.4, -0.2) is 9.97 Å². The van der Waals surface area contributed by atoms with E-state index in [1.54, 1.807) is 0 Å². The summed E-state index contributed by atoms with van der Waals surface area (Å²) in [5.74, 6) is 0. The number of alkyl halides is 1. The van der Waals surface area contributed by atoms with Crippen molar-refractivity contribution in [2.24, 2.45) is 0 Å². The van der Waals surface area contributed by atoms with Crippen molar-refractivity contribution in [3.8, 4) is 0 Å². The highest BCUT2D eigenvalue weighted by Gasteiger charge is 2.17. The van der Waals surface area contributed by atoms with Crippen LogP contribution in [0.15, 0.2) is 45.7 Å². The molecule has 0 spiro atoms. The smallest absolute Gasteiger partial charge is 0.306 e. The van der Waals surface area contributed by atoms with Crippen LogP contribution in [0.3, 0.4) is 0 Å². The molecule has 0 aliphatic heterocycles. The Morgan fingerprint density at radius 2 is 1.70 bits per heavy atom. The van der Waals surface area contributed by atoms with Crippen LogP contribution in [0.4, 0.5) is 0 Å². The van der Waals surface area contributed by atoms with Gasteiger partial charge in [0.1, 0.15) is 0 Å². The minimum atomic E-state index is -0.215. The third-order valence-corrected chi connectivity index (χ3v) is 5.10. The fraction of sp³-hybridized carbons (Fsp3) is 0.0714. The normalized spacial score (nSPS) is 12.8. The first-order chi connectivity index (χ1) is 9.56. The molecule has 0 fully saturated rings. The third-order valence-electron chi connectivity index (χ3n) is 3.08. The lowest BCUT2D eigenvalue weighted by Crippen LogP contribution is -1.99. The Labute approximate surface area is 136 Å². The number of halogens is 3. The van der Waals surface area contributed by atoms with E-state index in [-0.39, 0.29) is 10.5 Å². The highest BCUT2D eigenvalue weighted by molar-refractivity contribution is 9.11. The Hall–Kier alpha value is -1.04. The average Bonchev–Trinajstić information content (AvgIpc) is 2.76. The summed E-state index contributed by atoms with van der Waals surface area (Å²) in [5.41, 5.74) is 3.30. The Bertz CT molecular complexity index is 841. The summed E-state index contributed by atoms with van der Waals surface area (Å²) in [4.78, 5) is 16.8. The van der Waals surface area contributed by atoms with E-state index in [1.807, 2.05) is 36.4 Å². The Kier molecular flexibility index (Phi) is 3.75. The first-order valence-electron chi connectivity index (χ1n) is 5.86. The number of aromatic amines is 2. The van der Waals surface area contributed by atoms with Gasteiger partial charge in [0.25, 0.3) is 0 Å². The molecule has 0 aliphatic rings. The SMILES string of the molecule is O=c1[nH]c2cc(Br)c(C(Br)c3ccccc3Cl)cc2[nH]1. The zero-order valence-corrected chi connectivity index (χ0v) is 14.0. The number of fused-ring (bicyclic) bond motifs is 1. The summed E-state index contributed by atoms with van der Waals surface area (Å²) in [6.45, 7) is 0. The lowest BCUT2D eigenvalue weighted by atomic mass is 10.0. The van der Waals surface area contributed by atoms with Crippen LogP contribution in [-0.2, 0) is 0 Å². The number of rotatable bonds is 2. The van der Waals surface area contributed by atoms with Crippen molar-refractivity contribution in [3.63, 3.8) is 0 Å². The maximum absolute atomic E-state index is 11.3. The molecule has 102 valence electrons. The molecule has 0 radical (unpaired) electrons. The zero-order valence-electron chi connectivity index (χ0n) is 10.1. The van der Waals surface area contributed by atoms with Crippen molar-refractivity contribution in [2.75, 3.05) is 0 Å². The largest absolute Gasteiger partial charge is 0.323 e. The summed E-state index contributed by atoms with van der Waals surface area (Å²) < 4.78 is 0.905. The van der Waals surface area contributed by atoms with E-state index in [1.165, 1.54) is 0 Å². The summed E-state index contributed by atoms with van der Waals surface area (Å²) in [5, 5.41) is 0.698. The first kappa shape index (κ1) is 13.9. The van der Waals surface area contributed by atoms with E-state index in [9.17, 15) is 4.79 Å². The molecule has 3 aromatic rings. The molecule has 20 heavy (non-hydrogen) atoms. The number of imidazole rings is 1. The number of aromatic nitrogens is 2. The Morgan fingerprint density at radius 3 is 2.40 bits per heavy atom. The molecule has 0 saturated heterocycles. The van der Waals surface area contributed by atoms with Gasteiger partial charge in [0.05, 0.1) is 15.9 Å². The van der Waals surface area contributed by atoms with Crippen LogP contribution in [0.25, 0.3) is 11.0 Å². The molecule has 1 atom stereocenters. The Balaban J connectivity index is 2.16. The van der Waals surface area contributed by atoms with Crippen LogP contribution in [0, 0.1) is 0 Å². The number of hydrogen-bond donors (Lipinski definition) is 2. The molecular formula is C14H9Br2ClN2O. The maximum atomic E-state index is 11.3. The second kappa shape index (κ2) is 5.39. The average molecular weight is 417 g/mol. The van der Waals surface area contributed by atoms with Crippen LogP contribution in [0.2, 0.25) is 5.02 Å². The fourth-order valence-corrected chi connectivity index (χ4v) is 4.15.